The molecule has 0 amide bonds. The molecule has 0 aromatic heterocycles. The molecule has 96 valence electrons. The maximum atomic E-state index is 13.9. The number of allylic oxidation sites excluding steroid dienone is 1. The van der Waals surface area contributed by atoms with Crippen LogP contribution in [0.2, 0.25) is 0 Å². The second-order valence-electron chi connectivity index (χ2n) is 4.19. The minimum atomic E-state index is -1.13. The Morgan fingerprint density at radius 3 is 2.42 bits per heavy atom. The minimum absolute atomic E-state index is 0.0514. The maximum Gasteiger partial charge on any atom is 0.335 e. The van der Waals surface area contributed by atoms with Crippen molar-refractivity contribution in [3.05, 3.63) is 72.1 Å². The van der Waals surface area contributed by atoms with Gasteiger partial charge in [-0.1, -0.05) is 36.4 Å². The van der Waals surface area contributed by atoms with Crippen molar-refractivity contribution in [3.63, 3.8) is 0 Å². The zero-order valence-corrected chi connectivity index (χ0v) is 10.3. The van der Waals surface area contributed by atoms with Gasteiger partial charge >= 0.3 is 5.97 Å². The van der Waals surface area contributed by atoms with E-state index in [9.17, 15) is 9.18 Å². The third-order valence-corrected chi connectivity index (χ3v) is 2.86. The predicted molar refractivity (Wildman–Crippen MR) is 72.7 cm³/mol. The van der Waals surface area contributed by atoms with Gasteiger partial charge in [0.1, 0.15) is 5.82 Å². The highest BCUT2D eigenvalue weighted by Gasteiger charge is 2.09. The Bertz CT molecular complexity index is 615. The lowest BCUT2D eigenvalue weighted by atomic mass is 10.0. The second-order valence-corrected chi connectivity index (χ2v) is 4.19. The lowest BCUT2D eigenvalue weighted by molar-refractivity contribution is 0.0696. The van der Waals surface area contributed by atoms with E-state index < -0.39 is 11.8 Å². The molecule has 19 heavy (non-hydrogen) atoms. The Morgan fingerprint density at radius 2 is 1.89 bits per heavy atom. The zero-order valence-electron chi connectivity index (χ0n) is 10.3. The number of carboxylic acids is 1. The monoisotopic (exact) mass is 256 g/mol. The fraction of sp³-hybridized carbons (Fsp3) is 0.0625. The van der Waals surface area contributed by atoms with E-state index >= 15 is 0 Å². The molecular formula is C16H13FO2. The van der Waals surface area contributed by atoms with Crippen LogP contribution in [0.15, 0.2) is 55.1 Å². The molecular weight excluding hydrogens is 243 g/mol. The summed E-state index contributed by atoms with van der Waals surface area (Å²) >= 11 is 0. The van der Waals surface area contributed by atoms with E-state index in [4.69, 9.17) is 5.11 Å². The van der Waals surface area contributed by atoms with Crippen LogP contribution in [0.5, 0.6) is 0 Å². The van der Waals surface area contributed by atoms with Crippen molar-refractivity contribution in [1.29, 1.82) is 0 Å². The fourth-order valence-electron chi connectivity index (χ4n) is 1.87. The van der Waals surface area contributed by atoms with Crippen LogP contribution in [0.4, 0.5) is 4.39 Å². The number of aromatic carboxylic acids is 1. The van der Waals surface area contributed by atoms with Gasteiger partial charge in [-0.15, -0.1) is 6.58 Å². The summed E-state index contributed by atoms with van der Waals surface area (Å²) in [4.78, 5) is 10.7. The SMILES string of the molecule is C=CCc1ccc(-c2ccc(C(=O)O)cc2F)cc1. The summed E-state index contributed by atoms with van der Waals surface area (Å²) in [6.45, 7) is 3.66. The number of rotatable bonds is 4. The highest BCUT2D eigenvalue weighted by atomic mass is 19.1. The van der Waals surface area contributed by atoms with Crippen LogP contribution in [0.3, 0.4) is 0 Å². The van der Waals surface area contributed by atoms with Crippen LogP contribution in [-0.4, -0.2) is 11.1 Å². The molecule has 2 aromatic rings. The minimum Gasteiger partial charge on any atom is -0.478 e. The van der Waals surface area contributed by atoms with Gasteiger partial charge in [-0.3, -0.25) is 0 Å². The van der Waals surface area contributed by atoms with Crippen LogP contribution in [-0.2, 0) is 6.42 Å². The molecule has 0 saturated carbocycles. The third-order valence-electron chi connectivity index (χ3n) is 2.86. The van der Waals surface area contributed by atoms with Crippen molar-refractivity contribution in [3.8, 4) is 11.1 Å². The van der Waals surface area contributed by atoms with Gasteiger partial charge in [-0.2, -0.15) is 0 Å². The summed E-state index contributed by atoms with van der Waals surface area (Å²) in [5.41, 5.74) is 2.17. The molecule has 0 bridgehead atoms. The summed E-state index contributed by atoms with van der Waals surface area (Å²) < 4.78 is 13.9. The van der Waals surface area contributed by atoms with E-state index in [1.54, 1.807) is 6.08 Å². The largest absolute Gasteiger partial charge is 0.478 e. The number of carboxylic acid groups (broad SMARTS) is 1. The maximum absolute atomic E-state index is 13.9. The average Bonchev–Trinajstić information content (AvgIpc) is 2.40. The Balaban J connectivity index is 2.36. The zero-order chi connectivity index (χ0) is 13.8. The third kappa shape index (κ3) is 2.88. The average molecular weight is 256 g/mol. The van der Waals surface area contributed by atoms with Crippen molar-refractivity contribution in [2.24, 2.45) is 0 Å². The number of hydrogen-bond acceptors (Lipinski definition) is 1. The van der Waals surface area contributed by atoms with E-state index in [1.807, 2.05) is 24.3 Å². The molecule has 1 N–H and O–H groups in total. The van der Waals surface area contributed by atoms with Gasteiger partial charge in [-0.05, 0) is 29.7 Å². The van der Waals surface area contributed by atoms with E-state index in [-0.39, 0.29) is 5.56 Å². The van der Waals surface area contributed by atoms with E-state index in [1.165, 1.54) is 12.1 Å². The Labute approximate surface area is 110 Å². The topological polar surface area (TPSA) is 37.3 Å². The van der Waals surface area contributed by atoms with Gasteiger partial charge in [-0.25, -0.2) is 9.18 Å². The van der Waals surface area contributed by atoms with Gasteiger partial charge in [0.2, 0.25) is 0 Å². The van der Waals surface area contributed by atoms with Gasteiger partial charge in [0.25, 0.3) is 0 Å². The Morgan fingerprint density at radius 1 is 1.21 bits per heavy atom. The van der Waals surface area contributed by atoms with Crippen molar-refractivity contribution < 1.29 is 14.3 Å². The van der Waals surface area contributed by atoms with Gasteiger partial charge in [0, 0.05) is 5.56 Å². The normalized spacial score (nSPS) is 10.2. The predicted octanol–water partition coefficient (Wildman–Crippen LogP) is 3.92. The summed E-state index contributed by atoms with van der Waals surface area (Å²) in [5.74, 6) is -1.66. The molecule has 0 saturated heterocycles. The molecule has 0 spiro atoms. The molecule has 0 heterocycles. The molecule has 2 aromatic carbocycles. The molecule has 0 aliphatic carbocycles. The van der Waals surface area contributed by atoms with Crippen molar-refractivity contribution >= 4 is 5.97 Å². The van der Waals surface area contributed by atoms with Gasteiger partial charge in [0.05, 0.1) is 5.56 Å². The number of benzene rings is 2. The molecule has 0 fully saturated rings. The summed E-state index contributed by atoms with van der Waals surface area (Å²) in [5, 5.41) is 8.79. The molecule has 3 heteroatoms. The van der Waals surface area contributed by atoms with Crippen molar-refractivity contribution in [2.45, 2.75) is 6.42 Å². The molecule has 0 atom stereocenters. The van der Waals surface area contributed by atoms with Crippen LogP contribution in [0.25, 0.3) is 11.1 Å². The van der Waals surface area contributed by atoms with Crippen LogP contribution in [0.1, 0.15) is 15.9 Å². The smallest absolute Gasteiger partial charge is 0.335 e. The van der Waals surface area contributed by atoms with Crippen molar-refractivity contribution in [1.82, 2.24) is 0 Å². The van der Waals surface area contributed by atoms with Crippen LogP contribution >= 0.6 is 0 Å². The van der Waals surface area contributed by atoms with E-state index in [0.29, 0.717) is 5.56 Å². The van der Waals surface area contributed by atoms with Crippen LogP contribution in [0, 0.1) is 5.82 Å². The summed E-state index contributed by atoms with van der Waals surface area (Å²) in [6, 6.07) is 11.4. The molecule has 2 rings (SSSR count). The lowest BCUT2D eigenvalue weighted by Gasteiger charge is -2.05. The highest BCUT2D eigenvalue weighted by molar-refractivity contribution is 5.88. The van der Waals surface area contributed by atoms with E-state index in [2.05, 4.69) is 6.58 Å². The standard InChI is InChI=1S/C16H13FO2/c1-2-3-11-4-6-12(7-5-11)14-9-8-13(16(18)19)10-15(14)17/h2,4-10H,1,3H2,(H,18,19). The highest BCUT2D eigenvalue weighted by Crippen LogP contribution is 2.24. The summed E-state index contributed by atoms with van der Waals surface area (Å²) in [6.07, 6.45) is 2.57. The fourth-order valence-corrected chi connectivity index (χ4v) is 1.87. The molecule has 0 aliphatic heterocycles. The summed E-state index contributed by atoms with van der Waals surface area (Å²) in [7, 11) is 0. The van der Waals surface area contributed by atoms with Crippen LogP contribution < -0.4 is 0 Å². The molecule has 0 unspecified atom stereocenters. The first kappa shape index (κ1) is 13.0. The Hall–Kier alpha value is -2.42. The first-order valence-corrected chi connectivity index (χ1v) is 5.85. The number of hydrogen-bond donors (Lipinski definition) is 1. The Kier molecular flexibility index (Phi) is 3.76. The van der Waals surface area contributed by atoms with Crippen molar-refractivity contribution in [2.75, 3.05) is 0 Å². The lowest BCUT2D eigenvalue weighted by Crippen LogP contribution is -1.97. The molecule has 0 radical (unpaired) electrons. The first-order chi connectivity index (χ1) is 9.11. The molecule has 0 aliphatic rings. The number of halogens is 1. The number of carbonyl (C=O) groups is 1. The van der Waals surface area contributed by atoms with E-state index in [0.717, 1.165) is 23.6 Å². The second kappa shape index (κ2) is 5.48. The first-order valence-electron chi connectivity index (χ1n) is 5.85. The van der Waals surface area contributed by atoms with Gasteiger partial charge < -0.3 is 5.11 Å². The quantitative estimate of drug-likeness (QED) is 0.842. The molecule has 2 nitrogen and oxygen atoms in total. The van der Waals surface area contributed by atoms with Gasteiger partial charge in [0.15, 0.2) is 0 Å².